The summed E-state index contributed by atoms with van der Waals surface area (Å²) in [4.78, 5) is 25.0. The summed E-state index contributed by atoms with van der Waals surface area (Å²) >= 11 is 0. The first-order valence-electron chi connectivity index (χ1n) is 8.02. The number of benzene rings is 1. The van der Waals surface area contributed by atoms with E-state index in [0.29, 0.717) is 12.8 Å². The monoisotopic (exact) mass is 352 g/mol. The fourth-order valence-corrected chi connectivity index (χ4v) is 3.25. The van der Waals surface area contributed by atoms with Crippen LogP contribution in [0.5, 0.6) is 5.75 Å². The average molecular weight is 352 g/mol. The highest BCUT2D eigenvalue weighted by Crippen LogP contribution is 2.44. The van der Waals surface area contributed by atoms with Crippen molar-refractivity contribution in [2.45, 2.75) is 45.2 Å². The molecule has 1 fully saturated rings. The lowest BCUT2D eigenvalue weighted by molar-refractivity contribution is -0.140. The molecule has 0 N–H and O–H groups in total. The van der Waals surface area contributed by atoms with Crippen molar-refractivity contribution in [2.75, 3.05) is 7.11 Å². The number of hydrogen-bond acceptors (Lipinski definition) is 3. The summed E-state index contributed by atoms with van der Waals surface area (Å²) in [5, 5.41) is 0. The predicted octanol–water partition coefficient (Wildman–Crippen LogP) is 4.13. The number of alkyl halides is 3. The molecular weight excluding hydrogens is 333 g/mol. The summed E-state index contributed by atoms with van der Waals surface area (Å²) < 4.78 is 46.1. The van der Waals surface area contributed by atoms with E-state index in [-0.39, 0.29) is 23.3 Å². The zero-order valence-electron chi connectivity index (χ0n) is 14.3. The van der Waals surface area contributed by atoms with Gasteiger partial charge in [-0.05, 0) is 31.9 Å². The number of carbonyl (C=O) groups excluding carboxylic acids is 2. The first-order valence-corrected chi connectivity index (χ1v) is 8.02. The number of hydrogen-bond donors (Lipinski definition) is 0. The number of methoxy groups -OCH3 is 1. The Balaban J connectivity index is 2.75. The molecule has 0 aliphatic heterocycles. The van der Waals surface area contributed by atoms with Crippen LogP contribution in [-0.4, -0.2) is 18.7 Å². The minimum Gasteiger partial charge on any atom is -0.496 e. The molecule has 3 nitrogen and oxygen atoms in total. The maximum Gasteiger partial charge on any atom is 0.416 e. The van der Waals surface area contributed by atoms with Gasteiger partial charge < -0.3 is 4.74 Å². The van der Waals surface area contributed by atoms with Gasteiger partial charge in [-0.1, -0.05) is 12.8 Å². The lowest BCUT2D eigenvalue weighted by Crippen LogP contribution is -2.35. The molecule has 0 spiro atoms. The topological polar surface area (TPSA) is 43.4 Å². The highest BCUT2D eigenvalue weighted by atomic mass is 19.4. The lowest BCUT2D eigenvalue weighted by Gasteiger charge is -2.29. The minimum absolute atomic E-state index is 0.0892. The van der Waals surface area contributed by atoms with Crippen LogP contribution in [0.25, 0.3) is 0 Å². The van der Waals surface area contributed by atoms with Crippen LogP contribution in [0, 0.1) is 17.8 Å². The SMILES string of the molecule is CC#Cc1cc(OC)c(C2C(=O)CCC(CC)C2=O)c(C(F)(F)F)c1. The smallest absolute Gasteiger partial charge is 0.416 e. The summed E-state index contributed by atoms with van der Waals surface area (Å²) in [6.45, 7) is 3.30. The molecule has 25 heavy (non-hydrogen) atoms. The van der Waals surface area contributed by atoms with Crippen LogP contribution in [0.3, 0.4) is 0 Å². The predicted molar refractivity (Wildman–Crippen MR) is 86.3 cm³/mol. The fraction of sp³-hybridized carbons (Fsp3) is 0.474. The van der Waals surface area contributed by atoms with Gasteiger partial charge in [0.05, 0.1) is 12.7 Å². The van der Waals surface area contributed by atoms with Crippen LogP contribution in [0.1, 0.15) is 55.7 Å². The van der Waals surface area contributed by atoms with Gasteiger partial charge in [0, 0.05) is 23.5 Å². The van der Waals surface area contributed by atoms with Crippen LogP contribution in [0.15, 0.2) is 12.1 Å². The van der Waals surface area contributed by atoms with Gasteiger partial charge in [-0.3, -0.25) is 9.59 Å². The molecule has 1 aliphatic rings. The van der Waals surface area contributed by atoms with Crippen LogP contribution < -0.4 is 4.74 Å². The second kappa shape index (κ2) is 7.30. The lowest BCUT2D eigenvalue weighted by atomic mass is 9.73. The Bertz CT molecular complexity index is 754. The normalized spacial score (nSPS) is 20.9. The van der Waals surface area contributed by atoms with Gasteiger partial charge in [-0.25, -0.2) is 0 Å². The molecule has 0 heterocycles. The largest absolute Gasteiger partial charge is 0.496 e. The first kappa shape index (κ1) is 19.0. The van der Waals surface area contributed by atoms with Crippen molar-refractivity contribution in [3.8, 4) is 17.6 Å². The quantitative estimate of drug-likeness (QED) is 0.607. The van der Waals surface area contributed by atoms with E-state index in [4.69, 9.17) is 4.74 Å². The van der Waals surface area contributed by atoms with Gasteiger partial charge in [-0.15, -0.1) is 5.92 Å². The molecular formula is C19H19F3O3. The highest BCUT2D eigenvalue weighted by Gasteiger charge is 2.45. The van der Waals surface area contributed by atoms with Gasteiger partial charge >= 0.3 is 6.18 Å². The first-order chi connectivity index (χ1) is 11.7. The van der Waals surface area contributed by atoms with E-state index in [2.05, 4.69) is 11.8 Å². The van der Waals surface area contributed by atoms with Crippen molar-refractivity contribution in [1.29, 1.82) is 0 Å². The van der Waals surface area contributed by atoms with Gasteiger partial charge in [0.15, 0.2) is 5.78 Å². The summed E-state index contributed by atoms with van der Waals surface area (Å²) in [6.07, 6.45) is -3.76. The van der Waals surface area contributed by atoms with E-state index in [1.54, 1.807) is 6.92 Å². The summed E-state index contributed by atoms with van der Waals surface area (Å²) in [6, 6.07) is 2.22. The number of Topliss-reactive ketones (excluding diaryl/α,β-unsaturated/α-hetero) is 2. The molecule has 2 atom stereocenters. The molecule has 1 aliphatic carbocycles. The van der Waals surface area contributed by atoms with Gasteiger partial charge in [0.25, 0.3) is 0 Å². The van der Waals surface area contributed by atoms with Crippen LogP contribution in [0.2, 0.25) is 0 Å². The van der Waals surface area contributed by atoms with Crippen molar-refractivity contribution in [2.24, 2.45) is 5.92 Å². The highest BCUT2D eigenvalue weighted by molar-refractivity contribution is 6.11. The molecule has 0 radical (unpaired) electrons. The fourth-order valence-electron chi connectivity index (χ4n) is 3.25. The third kappa shape index (κ3) is 3.71. The second-order valence-corrected chi connectivity index (χ2v) is 5.96. The standard InChI is InChI=1S/C19H19F3O3/c1-4-6-11-9-13(19(20,21)22)16(15(10-11)25-3)17-14(23)8-7-12(5-2)18(17)24/h9-10,12,17H,5,7-8H2,1-3H3. The molecule has 2 unspecified atom stereocenters. The summed E-state index contributed by atoms with van der Waals surface area (Å²) in [5.74, 6) is 2.18. The maximum atomic E-state index is 13.6. The Kier molecular flexibility index (Phi) is 5.56. The molecule has 0 saturated heterocycles. The third-order valence-electron chi connectivity index (χ3n) is 4.47. The van der Waals surface area contributed by atoms with Crippen molar-refractivity contribution in [1.82, 2.24) is 0 Å². The number of rotatable bonds is 3. The Morgan fingerprint density at radius 2 is 1.96 bits per heavy atom. The van der Waals surface area contributed by atoms with Crippen molar-refractivity contribution in [3.05, 3.63) is 28.8 Å². The van der Waals surface area contributed by atoms with Crippen molar-refractivity contribution < 1.29 is 27.5 Å². The molecule has 0 aromatic heterocycles. The Morgan fingerprint density at radius 1 is 1.28 bits per heavy atom. The Hall–Kier alpha value is -2.29. The van der Waals surface area contributed by atoms with Gasteiger partial charge in [0.1, 0.15) is 17.5 Å². The molecule has 1 aromatic rings. The summed E-state index contributed by atoms with van der Waals surface area (Å²) in [5.41, 5.74) is -1.30. The van der Waals surface area contributed by atoms with E-state index < -0.39 is 35.1 Å². The van der Waals surface area contributed by atoms with E-state index >= 15 is 0 Å². The van der Waals surface area contributed by atoms with E-state index in [1.807, 2.05) is 0 Å². The zero-order valence-corrected chi connectivity index (χ0v) is 14.3. The van der Waals surface area contributed by atoms with E-state index in [9.17, 15) is 22.8 Å². The van der Waals surface area contributed by atoms with Crippen LogP contribution in [-0.2, 0) is 15.8 Å². The van der Waals surface area contributed by atoms with Crippen LogP contribution >= 0.6 is 0 Å². The Morgan fingerprint density at radius 3 is 2.48 bits per heavy atom. The molecule has 6 heteroatoms. The molecule has 0 bridgehead atoms. The number of carbonyl (C=O) groups is 2. The molecule has 1 saturated carbocycles. The molecule has 0 amide bonds. The molecule has 1 aromatic carbocycles. The van der Waals surface area contributed by atoms with E-state index in [0.717, 1.165) is 6.07 Å². The Labute approximate surface area is 144 Å². The number of ketones is 2. The molecule has 134 valence electrons. The third-order valence-corrected chi connectivity index (χ3v) is 4.47. The second-order valence-electron chi connectivity index (χ2n) is 5.96. The minimum atomic E-state index is -4.73. The van der Waals surface area contributed by atoms with Crippen molar-refractivity contribution in [3.63, 3.8) is 0 Å². The summed E-state index contributed by atoms with van der Waals surface area (Å²) in [7, 11) is 1.22. The average Bonchev–Trinajstić information content (AvgIpc) is 2.55. The van der Waals surface area contributed by atoms with Crippen molar-refractivity contribution >= 4 is 11.6 Å². The maximum absolute atomic E-state index is 13.6. The molecule has 2 rings (SSSR count). The zero-order chi connectivity index (χ0) is 18.8. The van der Waals surface area contributed by atoms with Gasteiger partial charge in [-0.2, -0.15) is 13.2 Å². The number of ether oxygens (including phenoxy) is 1. The number of halogens is 3. The van der Waals surface area contributed by atoms with Crippen LogP contribution in [0.4, 0.5) is 13.2 Å². The van der Waals surface area contributed by atoms with Gasteiger partial charge in [0.2, 0.25) is 0 Å². The van der Waals surface area contributed by atoms with E-state index in [1.165, 1.54) is 20.1 Å².